The van der Waals surface area contributed by atoms with E-state index < -0.39 is 0 Å². The largest absolute Gasteiger partial charge is 0.351 e. The van der Waals surface area contributed by atoms with Crippen LogP contribution in [0.3, 0.4) is 0 Å². The van der Waals surface area contributed by atoms with Gasteiger partial charge in [-0.3, -0.25) is 4.79 Å². The summed E-state index contributed by atoms with van der Waals surface area (Å²) >= 11 is 1.39. The quantitative estimate of drug-likeness (QED) is 0.756. The monoisotopic (exact) mass is 301 g/mol. The van der Waals surface area contributed by atoms with Gasteiger partial charge in [0, 0.05) is 37.3 Å². The van der Waals surface area contributed by atoms with E-state index in [1.807, 2.05) is 36.0 Å². The fourth-order valence-electron chi connectivity index (χ4n) is 1.98. The number of carbonyl (C=O) groups excluding carboxylic acids is 1. The minimum atomic E-state index is -0.0806. The van der Waals surface area contributed by atoms with Gasteiger partial charge in [0.05, 0.1) is 12.0 Å². The predicted molar refractivity (Wildman–Crippen MR) is 80.8 cm³/mol. The molecule has 0 aliphatic heterocycles. The molecule has 6 nitrogen and oxygen atoms in total. The molecule has 3 aromatic rings. The van der Waals surface area contributed by atoms with Gasteiger partial charge in [-0.25, -0.2) is 9.97 Å². The highest BCUT2D eigenvalue weighted by molar-refractivity contribution is 7.16. The average Bonchev–Trinajstić information content (AvgIpc) is 3.19. The highest BCUT2D eigenvalue weighted by atomic mass is 32.1. The van der Waals surface area contributed by atoms with Gasteiger partial charge in [-0.2, -0.15) is 0 Å². The first-order valence-electron chi connectivity index (χ1n) is 6.60. The molecule has 1 amide bonds. The zero-order chi connectivity index (χ0) is 14.7. The van der Waals surface area contributed by atoms with Crippen LogP contribution >= 0.6 is 11.3 Å². The van der Waals surface area contributed by atoms with Crippen LogP contribution in [0.5, 0.6) is 0 Å². The molecular formula is C14H15N5OS. The lowest BCUT2D eigenvalue weighted by molar-refractivity contribution is 0.0957. The summed E-state index contributed by atoms with van der Waals surface area (Å²) in [6.45, 7) is 2.42. The summed E-state index contributed by atoms with van der Waals surface area (Å²) in [4.78, 5) is 24.2. The number of imidazole rings is 1. The molecule has 0 atom stereocenters. The lowest BCUT2D eigenvalue weighted by atomic mass is 10.3. The Morgan fingerprint density at radius 3 is 2.95 bits per heavy atom. The molecular weight excluding hydrogens is 286 g/mol. The summed E-state index contributed by atoms with van der Waals surface area (Å²) in [5, 5.41) is 3.71. The van der Waals surface area contributed by atoms with Gasteiger partial charge in [0.15, 0.2) is 5.13 Å². The van der Waals surface area contributed by atoms with Crippen LogP contribution in [0.2, 0.25) is 0 Å². The van der Waals surface area contributed by atoms with Crippen LogP contribution < -0.4 is 5.32 Å². The first-order valence-corrected chi connectivity index (χ1v) is 7.42. The summed E-state index contributed by atoms with van der Waals surface area (Å²) < 4.78 is 1.90. The summed E-state index contributed by atoms with van der Waals surface area (Å²) in [6, 6.07) is 3.86. The van der Waals surface area contributed by atoms with Crippen molar-refractivity contribution in [1.82, 2.24) is 24.8 Å². The molecule has 3 rings (SSSR count). The summed E-state index contributed by atoms with van der Waals surface area (Å²) in [5.74, 6) is -0.0806. The van der Waals surface area contributed by atoms with Gasteiger partial charge in [-0.1, -0.05) is 11.3 Å². The third kappa shape index (κ3) is 3.03. The van der Waals surface area contributed by atoms with Crippen LogP contribution in [-0.4, -0.2) is 32.0 Å². The fourth-order valence-corrected chi connectivity index (χ4v) is 2.93. The third-order valence-corrected chi connectivity index (χ3v) is 4.22. The van der Waals surface area contributed by atoms with Crippen LogP contribution in [0.1, 0.15) is 21.1 Å². The molecule has 3 aromatic heterocycles. The van der Waals surface area contributed by atoms with Crippen molar-refractivity contribution in [2.24, 2.45) is 0 Å². The molecule has 0 aliphatic rings. The van der Waals surface area contributed by atoms with Gasteiger partial charge in [-0.05, 0) is 19.1 Å². The number of thiazole rings is 1. The molecule has 0 radical (unpaired) electrons. The Labute approximate surface area is 125 Å². The highest BCUT2D eigenvalue weighted by Gasteiger charge is 2.15. The van der Waals surface area contributed by atoms with Gasteiger partial charge in [0.1, 0.15) is 4.88 Å². The minimum absolute atomic E-state index is 0.0806. The van der Waals surface area contributed by atoms with E-state index in [0.717, 1.165) is 22.9 Å². The van der Waals surface area contributed by atoms with E-state index in [2.05, 4.69) is 20.3 Å². The van der Waals surface area contributed by atoms with E-state index >= 15 is 0 Å². The molecule has 0 aromatic carbocycles. The average molecular weight is 301 g/mol. The van der Waals surface area contributed by atoms with Crippen LogP contribution in [0.25, 0.3) is 5.13 Å². The third-order valence-electron chi connectivity index (χ3n) is 3.05. The zero-order valence-electron chi connectivity index (χ0n) is 11.5. The van der Waals surface area contributed by atoms with Gasteiger partial charge >= 0.3 is 0 Å². The SMILES string of the molecule is Cc1nc(-n2cccc2)sc1C(=O)NCCc1cnc[nH]1. The van der Waals surface area contributed by atoms with E-state index in [1.54, 1.807) is 12.5 Å². The second-order valence-electron chi connectivity index (χ2n) is 4.58. The van der Waals surface area contributed by atoms with Crippen molar-refractivity contribution in [1.29, 1.82) is 0 Å². The molecule has 0 bridgehead atoms. The number of amides is 1. The number of H-pyrrole nitrogens is 1. The van der Waals surface area contributed by atoms with Crippen LogP contribution in [0, 0.1) is 6.92 Å². The number of aromatic nitrogens is 4. The Kier molecular flexibility index (Phi) is 3.83. The van der Waals surface area contributed by atoms with Crippen molar-refractivity contribution >= 4 is 17.2 Å². The number of carbonyl (C=O) groups is 1. The van der Waals surface area contributed by atoms with Crippen molar-refractivity contribution in [2.45, 2.75) is 13.3 Å². The molecule has 7 heteroatoms. The van der Waals surface area contributed by atoms with E-state index in [1.165, 1.54) is 11.3 Å². The molecule has 0 spiro atoms. The lowest BCUT2D eigenvalue weighted by Crippen LogP contribution is -2.25. The van der Waals surface area contributed by atoms with Crippen molar-refractivity contribution in [3.63, 3.8) is 0 Å². The normalized spacial score (nSPS) is 10.7. The second kappa shape index (κ2) is 5.92. The number of aryl methyl sites for hydroxylation is 1. The molecule has 0 saturated carbocycles. The van der Waals surface area contributed by atoms with Crippen LogP contribution in [0.15, 0.2) is 37.1 Å². The van der Waals surface area contributed by atoms with Gasteiger partial charge in [0.2, 0.25) is 0 Å². The zero-order valence-corrected chi connectivity index (χ0v) is 12.4. The maximum Gasteiger partial charge on any atom is 0.263 e. The molecule has 21 heavy (non-hydrogen) atoms. The molecule has 0 saturated heterocycles. The number of nitrogens with zero attached hydrogens (tertiary/aromatic N) is 3. The highest BCUT2D eigenvalue weighted by Crippen LogP contribution is 2.21. The fraction of sp³-hybridized carbons (Fsp3) is 0.214. The minimum Gasteiger partial charge on any atom is -0.351 e. The van der Waals surface area contributed by atoms with Crippen molar-refractivity contribution in [3.05, 3.63) is 53.3 Å². The summed E-state index contributed by atoms with van der Waals surface area (Å²) in [7, 11) is 0. The first-order chi connectivity index (χ1) is 10.2. The topological polar surface area (TPSA) is 75.6 Å². The number of nitrogens with one attached hydrogen (secondary N) is 2. The van der Waals surface area contributed by atoms with Gasteiger partial charge in [-0.15, -0.1) is 0 Å². The maximum atomic E-state index is 12.2. The van der Waals surface area contributed by atoms with E-state index in [-0.39, 0.29) is 5.91 Å². The maximum absolute atomic E-state index is 12.2. The summed E-state index contributed by atoms with van der Waals surface area (Å²) in [6.07, 6.45) is 7.95. The van der Waals surface area contributed by atoms with Gasteiger partial charge in [0.25, 0.3) is 5.91 Å². The van der Waals surface area contributed by atoms with E-state index in [0.29, 0.717) is 11.4 Å². The number of aromatic amines is 1. The first kappa shape index (κ1) is 13.6. The van der Waals surface area contributed by atoms with Crippen molar-refractivity contribution < 1.29 is 4.79 Å². The Morgan fingerprint density at radius 2 is 2.24 bits per heavy atom. The molecule has 0 aliphatic carbocycles. The Hall–Kier alpha value is -2.41. The Morgan fingerprint density at radius 1 is 1.43 bits per heavy atom. The second-order valence-corrected chi connectivity index (χ2v) is 5.56. The lowest BCUT2D eigenvalue weighted by Gasteiger charge is -2.02. The number of rotatable bonds is 5. The predicted octanol–water partition coefficient (Wildman–Crippen LogP) is 1.94. The smallest absolute Gasteiger partial charge is 0.263 e. The molecule has 3 heterocycles. The van der Waals surface area contributed by atoms with Gasteiger partial charge < -0.3 is 14.9 Å². The standard InChI is InChI=1S/C14H15N5OS/c1-10-12(21-14(18-10)19-6-2-3-7-19)13(20)16-5-4-11-8-15-9-17-11/h2-3,6-9H,4-5H2,1H3,(H,15,17)(H,16,20). The molecule has 2 N–H and O–H groups in total. The van der Waals surface area contributed by atoms with Crippen LogP contribution in [-0.2, 0) is 6.42 Å². The van der Waals surface area contributed by atoms with Crippen LogP contribution in [0.4, 0.5) is 0 Å². The van der Waals surface area contributed by atoms with E-state index in [9.17, 15) is 4.79 Å². The molecule has 0 fully saturated rings. The molecule has 108 valence electrons. The Balaban J connectivity index is 1.64. The number of hydrogen-bond acceptors (Lipinski definition) is 4. The summed E-state index contributed by atoms with van der Waals surface area (Å²) in [5.41, 5.74) is 1.76. The van der Waals surface area contributed by atoms with Crippen molar-refractivity contribution in [3.8, 4) is 5.13 Å². The number of hydrogen-bond donors (Lipinski definition) is 2. The Bertz CT molecular complexity index is 715. The van der Waals surface area contributed by atoms with Crippen molar-refractivity contribution in [2.75, 3.05) is 6.54 Å². The van der Waals surface area contributed by atoms with E-state index in [4.69, 9.17) is 0 Å². The molecule has 0 unspecified atom stereocenters.